The molecule has 0 atom stereocenters. The van der Waals surface area contributed by atoms with E-state index in [1.165, 1.54) is 6.92 Å². The minimum absolute atomic E-state index is 0. The van der Waals surface area contributed by atoms with E-state index in [0.717, 1.165) is 0 Å². The predicted molar refractivity (Wildman–Crippen MR) is 37.9 cm³/mol. The Labute approximate surface area is 125 Å². The average molecular weight is 713 g/mol. The van der Waals surface area contributed by atoms with Gasteiger partial charge in [0.05, 0.1) is 0 Å². The number of carbonyl (C=O) groups is 3. The molecule has 0 aliphatic carbocycles. The van der Waals surface area contributed by atoms with E-state index in [0.29, 0.717) is 0 Å². The van der Waals surface area contributed by atoms with Gasteiger partial charge in [0.2, 0.25) is 17.7 Å². The van der Waals surface area contributed by atoms with Crippen molar-refractivity contribution >= 4 is 17.7 Å². The van der Waals surface area contributed by atoms with Crippen molar-refractivity contribution in [3.63, 3.8) is 0 Å². The molecule has 0 aromatic rings. The van der Waals surface area contributed by atoms with E-state index in [9.17, 15) is 14.4 Å². The molecule has 0 unspecified atom stereocenters. The van der Waals surface area contributed by atoms with Gasteiger partial charge in [-0.3, -0.25) is 14.4 Å². The number of nitrogens with two attached hydrogens (primary N) is 3. The smallest absolute Gasteiger partial charge is 0.226 e. The molecule has 82 valence electrons. The Balaban J connectivity index is -0.0000000347. The summed E-state index contributed by atoms with van der Waals surface area (Å²) >= 11 is 0. The van der Waals surface area contributed by atoms with E-state index in [1.807, 2.05) is 0 Å². The van der Waals surface area contributed by atoms with E-state index < -0.39 is 11.8 Å². The van der Waals surface area contributed by atoms with Crippen molar-refractivity contribution in [1.82, 2.24) is 0 Å². The van der Waals surface area contributed by atoms with Crippen LogP contribution in [0.5, 0.6) is 0 Å². The monoisotopic (exact) mass is 713 g/mol. The molecule has 0 aliphatic rings. The number of hydrogen-bond acceptors (Lipinski definition) is 3. The van der Waals surface area contributed by atoms with Crippen molar-refractivity contribution in [2.24, 2.45) is 17.2 Å². The van der Waals surface area contributed by atoms with Crippen LogP contribution in [-0.2, 0) is 77.6 Å². The first-order chi connectivity index (χ1) is 4.86. The van der Waals surface area contributed by atoms with Crippen LogP contribution in [0.1, 0.15) is 13.3 Å². The summed E-state index contributed by atoms with van der Waals surface area (Å²) in [6, 6.07) is 0. The number of rotatable bonds is 2. The number of amides is 3. The van der Waals surface area contributed by atoms with Crippen LogP contribution in [0.4, 0.5) is 0 Å². The molecule has 0 fully saturated rings. The maximum Gasteiger partial charge on any atom is 0.226 e. The van der Waals surface area contributed by atoms with E-state index in [-0.39, 0.29) is 75.5 Å². The molecule has 0 saturated carbocycles. The third-order valence-corrected chi connectivity index (χ3v) is 0.348. The summed E-state index contributed by atoms with van der Waals surface area (Å²) in [5, 5.41) is 0. The van der Waals surface area contributed by atoms with E-state index >= 15 is 0 Å². The molecule has 0 spiro atoms. The van der Waals surface area contributed by atoms with Gasteiger partial charge in [-0.2, -0.15) is 0 Å². The van der Waals surface area contributed by atoms with Gasteiger partial charge in [-0.05, 0) is 0 Å². The number of primary amides is 3. The summed E-state index contributed by atoms with van der Waals surface area (Å²) < 4.78 is 0. The molecule has 9 heteroatoms. The van der Waals surface area contributed by atoms with E-state index in [4.69, 9.17) is 0 Å². The van der Waals surface area contributed by atoms with Gasteiger partial charge in [-0.25, -0.2) is 0 Å². The molecule has 0 aromatic heterocycles. The van der Waals surface area contributed by atoms with Crippen LogP contribution in [0.25, 0.3) is 0 Å². The van der Waals surface area contributed by atoms with Gasteiger partial charge in [0.15, 0.2) is 0 Å². The Bertz CT molecular complexity index is 161. The Kier molecular flexibility index (Phi) is 40.0. The van der Waals surface area contributed by atoms with Crippen molar-refractivity contribution in [1.29, 1.82) is 0 Å². The molecule has 6 nitrogen and oxygen atoms in total. The fraction of sp³-hybridized carbons (Fsp3) is 0.400. The molecule has 6 N–H and O–H groups in total. The minimum atomic E-state index is -0.687. The van der Waals surface area contributed by atoms with Crippen LogP contribution < -0.4 is 17.2 Å². The standard InChI is InChI=1S/C3H6N2O2.C2H5NO.3W/c4-2(6)1-3(5)7;1-2(3)4;;;/h1H2,(H2,4,6)(H2,5,7);1H3,(H2,3,4);;;. The Morgan fingerprint density at radius 3 is 1.00 bits per heavy atom. The third-order valence-electron chi connectivity index (χ3n) is 0.348. The second-order valence-electron chi connectivity index (χ2n) is 1.72. The summed E-state index contributed by atoms with van der Waals surface area (Å²) in [6.07, 6.45) is -0.361. The minimum Gasteiger partial charge on any atom is -0.370 e. The predicted octanol–water partition coefficient (Wildman–Crippen LogP) is -2.17. The largest absolute Gasteiger partial charge is 0.370 e. The average Bonchev–Trinajstić information content (AvgIpc) is 1.56. The normalized spacial score (nSPS) is 5.79. The number of hydrogen-bond donors (Lipinski definition) is 3. The molecule has 0 aromatic carbocycles. The quantitative estimate of drug-likeness (QED) is 0.282. The first kappa shape index (κ1) is 29.3. The van der Waals surface area contributed by atoms with Crippen LogP contribution in [0.15, 0.2) is 0 Å². The van der Waals surface area contributed by atoms with Gasteiger partial charge in [-0.1, -0.05) is 0 Å². The Hall–Kier alpha value is 0.475. The zero-order valence-electron chi connectivity index (χ0n) is 7.39. The van der Waals surface area contributed by atoms with Crippen LogP contribution >= 0.6 is 0 Å². The van der Waals surface area contributed by atoms with Crippen molar-refractivity contribution < 1.29 is 77.6 Å². The van der Waals surface area contributed by atoms with Crippen LogP contribution in [-0.4, -0.2) is 17.7 Å². The van der Waals surface area contributed by atoms with Gasteiger partial charge in [0, 0.05) is 70.1 Å². The van der Waals surface area contributed by atoms with Crippen LogP contribution in [0.3, 0.4) is 0 Å². The first-order valence-corrected chi connectivity index (χ1v) is 2.69. The molecular weight excluding hydrogens is 702 g/mol. The zero-order chi connectivity index (χ0) is 9.44. The van der Waals surface area contributed by atoms with Gasteiger partial charge in [-0.15, -0.1) is 0 Å². The van der Waals surface area contributed by atoms with Crippen molar-refractivity contribution in [2.45, 2.75) is 13.3 Å². The molecular formula is C5H11N3O3W3. The van der Waals surface area contributed by atoms with Crippen LogP contribution in [0.2, 0.25) is 0 Å². The Morgan fingerprint density at radius 1 is 0.857 bits per heavy atom. The molecule has 0 aliphatic heterocycles. The molecule has 0 rings (SSSR count). The maximum absolute atomic E-state index is 9.73. The van der Waals surface area contributed by atoms with Crippen LogP contribution in [0, 0.1) is 0 Å². The molecule has 0 heterocycles. The number of carbonyl (C=O) groups excluding carboxylic acids is 3. The van der Waals surface area contributed by atoms with Gasteiger partial charge in [0.1, 0.15) is 6.42 Å². The molecule has 0 bridgehead atoms. The second-order valence-corrected chi connectivity index (χ2v) is 1.72. The second kappa shape index (κ2) is 19.1. The fourth-order valence-corrected chi connectivity index (χ4v) is 0.172. The topological polar surface area (TPSA) is 129 Å². The first-order valence-electron chi connectivity index (χ1n) is 2.69. The van der Waals surface area contributed by atoms with E-state index in [1.54, 1.807) is 0 Å². The molecule has 3 amide bonds. The summed E-state index contributed by atoms with van der Waals surface area (Å²) in [6.45, 7) is 1.31. The fourth-order valence-electron chi connectivity index (χ4n) is 0.172. The third kappa shape index (κ3) is 82.0. The summed E-state index contributed by atoms with van der Waals surface area (Å²) in [7, 11) is 0. The van der Waals surface area contributed by atoms with Crippen molar-refractivity contribution in [3.05, 3.63) is 0 Å². The maximum atomic E-state index is 9.73. The van der Waals surface area contributed by atoms with Gasteiger partial charge >= 0.3 is 0 Å². The van der Waals surface area contributed by atoms with Gasteiger partial charge < -0.3 is 17.2 Å². The van der Waals surface area contributed by atoms with Crippen molar-refractivity contribution in [3.8, 4) is 0 Å². The molecule has 0 saturated heterocycles. The summed E-state index contributed by atoms with van der Waals surface area (Å²) in [5.74, 6) is -1.71. The van der Waals surface area contributed by atoms with E-state index in [2.05, 4.69) is 17.2 Å². The molecule has 0 radical (unpaired) electrons. The zero-order valence-corrected chi connectivity index (χ0v) is 16.2. The summed E-state index contributed by atoms with van der Waals surface area (Å²) in [4.78, 5) is 28.7. The molecule has 14 heavy (non-hydrogen) atoms. The summed E-state index contributed by atoms with van der Waals surface area (Å²) in [5.41, 5.74) is 13.6. The SMILES string of the molecule is CC(N)=O.NC(=O)CC(N)=O.[W].[W].[W]. The Morgan fingerprint density at radius 2 is 1.00 bits per heavy atom. The van der Waals surface area contributed by atoms with Crippen molar-refractivity contribution in [2.75, 3.05) is 0 Å². The van der Waals surface area contributed by atoms with Gasteiger partial charge in [0.25, 0.3) is 0 Å².